The molecule has 0 aliphatic rings. The lowest BCUT2D eigenvalue weighted by Crippen LogP contribution is -1.92. The van der Waals surface area contributed by atoms with Gasteiger partial charge in [0.25, 0.3) is 0 Å². The maximum atomic E-state index is 10.2. The van der Waals surface area contributed by atoms with Crippen LogP contribution < -0.4 is 5.32 Å². The van der Waals surface area contributed by atoms with Gasteiger partial charge >= 0.3 is 0 Å². The highest BCUT2D eigenvalue weighted by atomic mass is 16.1. The molecule has 0 aliphatic heterocycles. The second-order valence-electron chi connectivity index (χ2n) is 3.24. The lowest BCUT2D eigenvalue weighted by molar-refractivity contribution is -0.105. The fourth-order valence-corrected chi connectivity index (χ4v) is 1.40. The van der Waals surface area contributed by atoms with E-state index in [4.69, 9.17) is 0 Å². The summed E-state index contributed by atoms with van der Waals surface area (Å²) in [6.07, 6.45) is 4.42. The van der Waals surface area contributed by atoms with Crippen LogP contribution in [0.1, 0.15) is 0 Å². The molecule has 0 unspecified atom stereocenters. The maximum absolute atomic E-state index is 10.2. The van der Waals surface area contributed by atoms with Crippen LogP contribution in [0.4, 0.5) is 5.69 Å². The van der Waals surface area contributed by atoms with Crippen molar-refractivity contribution in [1.82, 2.24) is 9.78 Å². The molecule has 2 aromatic rings. The number of benzene rings is 1. The van der Waals surface area contributed by atoms with Gasteiger partial charge in [0, 0.05) is 24.5 Å². The smallest absolute Gasteiger partial charge is 0.211 e. The number of anilines is 1. The van der Waals surface area contributed by atoms with Crippen LogP contribution in [0.15, 0.2) is 36.7 Å². The van der Waals surface area contributed by atoms with Gasteiger partial charge in [-0.1, -0.05) is 12.1 Å². The Morgan fingerprint density at radius 3 is 2.53 bits per heavy atom. The summed E-state index contributed by atoms with van der Waals surface area (Å²) in [6, 6.07) is 7.61. The number of hydrogen-bond acceptors (Lipinski definition) is 2. The number of nitrogens with one attached hydrogen (secondary N) is 1. The first-order chi connectivity index (χ1) is 7.29. The average Bonchev–Trinajstić information content (AvgIpc) is 2.67. The van der Waals surface area contributed by atoms with Crippen molar-refractivity contribution in [3.05, 3.63) is 36.7 Å². The van der Waals surface area contributed by atoms with E-state index in [0.717, 1.165) is 16.8 Å². The van der Waals surface area contributed by atoms with Crippen molar-refractivity contribution in [2.24, 2.45) is 7.05 Å². The number of aryl methyl sites for hydroxylation is 1. The van der Waals surface area contributed by atoms with Crippen molar-refractivity contribution in [2.45, 2.75) is 0 Å². The van der Waals surface area contributed by atoms with Crippen LogP contribution in [0.5, 0.6) is 0 Å². The number of nitrogens with zero attached hydrogens (tertiary/aromatic N) is 2. The minimum absolute atomic E-state index is 0.666. The molecule has 0 aliphatic carbocycles. The largest absolute Gasteiger partial charge is 0.329 e. The normalized spacial score (nSPS) is 9.93. The summed E-state index contributed by atoms with van der Waals surface area (Å²) in [5, 5.41) is 6.69. The van der Waals surface area contributed by atoms with E-state index in [1.807, 2.05) is 43.7 Å². The quantitative estimate of drug-likeness (QED) is 0.767. The van der Waals surface area contributed by atoms with E-state index in [2.05, 4.69) is 10.4 Å². The highest BCUT2D eigenvalue weighted by Gasteiger charge is 1.99. The molecule has 0 bridgehead atoms. The molecular formula is C11H11N3O. The molecule has 0 saturated heterocycles. The molecule has 0 spiro atoms. The molecule has 0 atom stereocenters. The highest BCUT2D eigenvalue weighted by Crippen LogP contribution is 2.20. The highest BCUT2D eigenvalue weighted by molar-refractivity contribution is 5.73. The molecular weight excluding hydrogens is 190 g/mol. The predicted octanol–water partition coefficient (Wildman–Crippen LogP) is 1.66. The number of aromatic nitrogens is 2. The van der Waals surface area contributed by atoms with Crippen LogP contribution in [-0.2, 0) is 11.8 Å². The first kappa shape index (κ1) is 9.45. The Labute approximate surface area is 87.5 Å². The molecule has 1 aromatic carbocycles. The molecule has 1 N–H and O–H groups in total. The summed E-state index contributed by atoms with van der Waals surface area (Å²) in [7, 11) is 1.88. The van der Waals surface area contributed by atoms with E-state index in [1.54, 1.807) is 4.68 Å². The fraction of sp³-hybridized carbons (Fsp3) is 0.0909. The Bertz CT molecular complexity index is 459. The Hall–Kier alpha value is -2.10. The van der Waals surface area contributed by atoms with Crippen LogP contribution in [0.2, 0.25) is 0 Å². The van der Waals surface area contributed by atoms with Crippen molar-refractivity contribution in [1.29, 1.82) is 0 Å². The minimum Gasteiger partial charge on any atom is -0.329 e. The third kappa shape index (κ3) is 2.04. The van der Waals surface area contributed by atoms with Gasteiger partial charge in [0.05, 0.1) is 6.20 Å². The molecule has 0 fully saturated rings. The Morgan fingerprint density at radius 2 is 2.00 bits per heavy atom. The molecule has 4 heteroatoms. The van der Waals surface area contributed by atoms with Crippen LogP contribution in [0, 0.1) is 0 Å². The van der Waals surface area contributed by atoms with Gasteiger partial charge in [-0.2, -0.15) is 5.10 Å². The summed E-state index contributed by atoms with van der Waals surface area (Å²) in [4.78, 5) is 10.2. The second-order valence-corrected chi connectivity index (χ2v) is 3.24. The van der Waals surface area contributed by atoms with E-state index in [1.165, 1.54) is 0 Å². The SMILES string of the molecule is Cn1cc(-c2ccc(NC=O)cc2)cn1. The predicted molar refractivity (Wildman–Crippen MR) is 58.3 cm³/mol. The molecule has 1 aromatic heterocycles. The molecule has 0 saturated carbocycles. The monoisotopic (exact) mass is 201 g/mol. The standard InChI is InChI=1S/C11H11N3O/c1-14-7-10(6-13-14)9-2-4-11(5-3-9)12-8-15/h2-8H,1H3,(H,12,15). The van der Waals surface area contributed by atoms with E-state index >= 15 is 0 Å². The topological polar surface area (TPSA) is 46.9 Å². The summed E-state index contributed by atoms with van der Waals surface area (Å²) >= 11 is 0. The second kappa shape index (κ2) is 3.96. The zero-order chi connectivity index (χ0) is 10.7. The van der Waals surface area contributed by atoms with Gasteiger partial charge in [-0.05, 0) is 17.7 Å². The number of amides is 1. The molecule has 4 nitrogen and oxygen atoms in total. The van der Waals surface area contributed by atoms with Crippen LogP contribution in [0.3, 0.4) is 0 Å². The Balaban J connectivity index is 2.27. The van der Waals surface area contributed by atoms with Gasteiger partial charge in [-0.3, -0.25) is 9.48 Å². The van der Waals surface area contributed by atoms with Crippen molar-refractivity contribution in [2.75, 3.05) is 5.32 Å². The molecule has 1 amide bonds. The number of carbonyl (C=O) groups excluding carboxylic acids is 1. The van der Waals surface area contributed by atoms with Gasteiger partial charge in [0.15, 0.2) is 0 Å². The van der Waals surface area contributed by atoms with E-state index in [9.17, 15) is 4.79 Å². The third-order valence-corrected chi connectivity index (χ3v) is 2.15. The third-order valence-electron chi connectivity index (χ3n) is 2.15. The van der Waals surface area contributed by atoms with Crippen LogP contribution >= 0.6 is 0 Å². The lowest BCUT2D eigenvalue weighted by atomic mass is 10.1. The molecule has 1 heterocycles. The minimum atomic E-state index is 0.666. The average molecular weight is 201 g/mol. The molecule has 15 heavy (non-hydrogen) atoms. The Kier molecular flexibility index (Phi) is 2.49. The van der Waals surface area contributed by atoms with Gasteiger partial charge in [0.2, 0.25) is 6.41 Å². The van der Waals surface area contributed by atoms with Crippen molar-refractivity contribution < 1.29 is 4.79 Å². The summed E-state index contributed by atoms with van der Waals surface area (Å²) in [5.41, 5.74) is 2.94. The van der Waals surface area contributed by atoms with Gasteiger partial charge < -0.3 is 5.32 Å². The van der Waals surface area contributed by atoms with E-state index < -0.39 is 0 Å². The molecule has 0 radical (unpaired) electrons. The number of hydrogen-bond donors (Lipinski definition) is 1. The molecule has 76 valence electrons. The number of carbonyl (C=O) groups is 1. The summed E-state index contributed by atoms with van der Waals surface area (Å²) in [5.74, 6) is 0. The Morgan fingerprint density at radius 1 is 1.27 bits per heavy atom. The van der Waals surface area contributed by atoms with E-state index in [-0.39, 0.29) is 0 Å². The van der Waals surface area contributed by atoms with Gasteiger partial charge in [-0.25, -0.2) is 0 Å². The maximum Gasteiger partial charge on any atom is 0.211 e. The van der Waals surface area contributed by atoms with Crippen molar-refractivity contribution >= 4 is 12.1 Å². The summed E-state index contributed by atoms with van der Waals surface area (Å²) in [6.45, 7) is 0. The first-order valence-corrected chi connectivity index (χ1v) is 4.59. The van der Waals surface area contributed by atoms with E-state index in [0.29, 0.717) is 6.41 Å². The lowest BCUT2D eigenvalue weighted by Gasteiger charge is -2.00. The van der Waals surface area contributed by atoms with Crippen LogP contribution in [0.25, 0.3) is 11.1 Å². The van der Waals surface area contributed by atoms with Crippen LogP contribution in [-0.4, -0.2) is 16.2 Å². The van der Waals surface area contributed by atoms with Crippen molar-refractivity contribution in [3.63, 3.8) is 0 Å². The number of rotatable bonds is 3. The fourth-order valence-electron chi connectivity index (χ4n) is 1.40. The molecule has 2 rings (SSSR count). The first-order valence-electron chi connectivity index (χ1n) is 4.59. The zero-order valence-corrected chi connectivity index (χ0v) is 8.34. The summed E-state index contributed by atoms with van der Waals surface area (Å²) < 4.78 is 1.76. The van der Waals surface area contributed by atoms with Crippen molar-refractivity contribution in [3.8, 4) is 11.1 Å². The zero-order valence-electron chi connectivity index (χ0n) is 8.34. The van der Waals surface area contributed by atoms with Gasteiger partial charge in [-0.15, -0.1) is 0 Å². The van der Waals surface area contributed by atoms with Gasteiger partial charge in [0.1, 0.15) is 0 Å².